The zero-order valence-electron chi connectivity index (χ0n) is 21.6. The quantitative estimate of drug-likeness (QED) is 0.302. The van der Waals surface area contributed by atoms with Crippen molar-refractivity contribution in [2.75, 3.05) is 25.2 Å². The van der Waals surface area contributed by atoms with Crippen LogP contribution in [0, 0.1) is 23.2 Å². The summed E-state index contributed by atoms with van der Waals surface area (Å²) >= 11 is 1.31. The number of thiophene rings is 1. The Bertz CT molecular complexity index is 1040. The minimum absolute atomic E-state index is 0.0330. The van der Waals surface area contributed by atoms with Crippen LogP contribution in [-0.4, -0.2) is 44.0 Å². The van der Waals surface area contributed by atoms with E-state index >= 15 is 0 Å². The molecule has 1 amide bonds. The number of nitrogens with zero attached hydrogens (tertiary/aromatic N) is 1. The van der Waals surface area contributed by atoms with Gasteiger partial charge in [0.25, 0.3) is 0 Å². The summed E-state index contributed by atoms with van der Waals surface area (Å²) in [4.78, 5) is 30.0. The van der Waals surface area contributed by atoms with Crippen LogP contribution in [0.15, 0.2) is 17.7 Å². The minimum atomic E-state index is -0.515. The van der Waals surface area contributed by atoms with E-state index in [1.807, 2.05) is 11.0 Å². The molecule has 190 valence electrons. The van der Waals surface area contributed by atoms with Gasteiger partial charge in [-0.1, -0.05) is 23.5 Å². The molecule has 2 fully saturated rings. The summed E-state index contributed by atoms with van der Waals surface area (Å²) in [6.07, 6.45) is 7.65. The van der Waals surface area contributed by atoms with Crippen molar-refractivity contribution >= 4 is 28.9 Å². The van der Waals surface area contributed by atoms with E-state index in [2.05, 4.69) is 45.6 Å². The maximum atomic E-state index is 14.1. The first kappa shape index (κ1) is 25.9. The molecule has 1 saturated carbocycles. The Morgan fingerprint density at radius 2 is 1.86 bits per heavy atom. The van der Waals surface area contributed by atoms with Crippen LogP contribution in [0.25, 0.3) is 0 Å². The summed E-state index contributed by atoms with van der Waals surface area (Å²) in [5.74, 6) is 5.51. The second-order valence-corrected chi connectivity index (χ2v) is 11.9. The molecule has 3 aliphatic rings. The monoisotopic (exact) mass is 499 g/mol. The van der Waals surface area contributed by atoms with Crippen LogP contribution >= 0.6 is 11.3 Å². The summed E-state index contributed by atoms with van der Waals surface area (Å²) < 4.78 is 17.0. The minimum Gasteiger partial charge on any atom is -0.465 e. The van der Waals surface area contributed by atoms with Crippen molar-refractivity contribution < 1.29 is 23.8 Å². The lowest BCUT2D eigenvalue weighted by atomic mass is 9.85. The molecule has 35 heavy (non-hydrogen) atoms. The molecular formula is C28H37NO5S. The second-order valence-electron chi connectivity index (χ2n) is 10.9. The van der Waals surface area contributed by atoms with Gasteiger partial charge < -0.3 is 19.1 Å². The lowest BCUT2D eigenvalue weighted by molar-refractivity contribution is -0.179. The smallest absolute Gasteiger partial charge is 0.350 e. The zero-order chi connectivity index (χ0) is 25.2. The Morgan fingerprint density at radius 1 is 1.17 bits per heavy atom. The van der Waals surface area contributed by atoms with Crippen LogP contribution in [0.2, 0.25) is 0 Å². The van der Waals surface area contributed by atoms with Crippen LogP contribution in [-0.2, 0) is 19.0 Å². The standard InChI is InChI=1S/C28H37NO5S/c1-19-6-8-20(9-7-19)25(30)29(21-10-14-28(15-11-21)33-16-17-34-28)23-18-22(12-13-27(2,3)4)35-24(23)26(31)32-5/h6,18,20-21H,7-11,14-17H2,1-5H3. The number of methoxy groups -OCH3 is 1. The molecule has 4 rings (SSSR count). The van der Waals surface area contributed by atoms with Gasteiger partial charge in [-0.2, -0.15) is 0 Å². The Kier molecular flexibility index (Phi) is 7.75. The summed E-state index contributed by atoms with van der Waals surface area (Å²) in [5, 5.41) is 0. The molecule has 1 spiro atoms. The highest BCUT2D eigenvalue weighted by Crippen LogP contribution is 2.42. The molecule has 7 heteroatoms. The first-order valence-electron chi connectivity index (χ1n) is 12.6. The molecule has 0 radical (unpaired) electrons. The molecule has 1 aliphatic heterocycles. The molecule has 2 aliphatic carbocycles. The highest BCUT2D eigenvalue weighted by molar-refractivity contribution is 7.15. The maximum absolute atomic E-state index is 14.1. The van der Waals surface area contributed by atoms with Crippen molar-refractivity contribution in [3.63, 3.8) is 0 Å². The van der Waals surface area contributed by atoms with Gasteiger partial charge in [0.2, 0.25) is 5.91 Å². The molecule has 1 saturated heterocycles. The van der Waals surface area contributed by atoms with Crippen molar-refractivity contribution in [3.05, 3.63) is 27.5 Å². The summed E-state index contributed by atoms with van der Waals surface area (Å²) in [7, 11) is 1.38. The largest absolute Gasteiger partial charge is 0.465 e. The van der Waals surface area contributed by atoms with Crippen LogP contribution in [0.1, 0.15) is 87.2 Å². The number of esters is 1. The van der Waals surface area contributed by atoms with Gasteiger partial charge in [0.15, 0.2) is 5.79 Å². The number of rotatable bonds is 4. The number of hydrogen-bond donors (Lipinski definition) is 0. The zero-order valence-corrected chi connectivity index (χ0v) is 22.4. The van der Waals surface area contributed by atoms with E-state index in [1.165, 1.54) is 24.0 Å². The fraction of sp³-hybridized carbons (Fsp3) is 0.643. The van der Waals surface area contributed by atoms with Gasteiger partial charge in [-0.25, -0.2) is 4.79 Å². The van der Waals surface area contributed by atoms with Gasteiger partial charge in [0, 0.05) is 30.2 Å². The predicted octanol–water partition coefficient (Wildman–Crippen LogP) is 5.70. The van der Waals surface area contributed by atoms with Crippen LogP contribution in [0.3, 0.4) is 0 Å². The number of ether oxygens (including phenoxy) is 3. The van der Waals surface area contributed by atoms with Crippen LogP contribution in [0.4, 0.5) is 5.69 Å². The normalized spacial score (nSPS) is 22.3. The fourth-order valence-electron chi connectivity index (χ4n) is 5.08. The Morgan fingerprint density at radius 3 is 2.43 bits per heavy atom. The number of anilines is 1. The third-order valence-corrected chi connectivity index (χ3v) is 8.04. The Balaban J connectivity index is 1.71. The molecule has 1 aromatic rings. The lowest BCUT2D eigenvalue weighted by Crippen LogP contribution is -2.49. The predicted molar refractivity (Wildman–Crippen MR) is 137 cm³/mol. The average Bonchev–Trinajstić information content (AvgIpc) is 3.46. The number of carbonyl (C=O) groups is 2. The fourth-order valence-corrected chi connectivity index (χ4v) is 6.00. The number of amides is 1. The Hall–Kier alpha value is -2.14. The highest BCUT2D eigenvalue weighted by Gasteiger charge is 2.44. The van der Waals surface area contributed by atoms with Crippen molar-refractivity contribution in [1.82, 2.24) is 0 Å². The lowest BCUT2D eigenvalue weighted by Gasteiger charge is -2.41. The van der Waals surface area contributed by atoms with Gasteiger partial charge in [0.05, 0.1) is 30.9 Å². The molecule has 1 unspecified atom stereocenters. The molecular weight excluding hydrogens is 462 g/mol. The molecule has 0 bridgehead atoms. The van der Waals surface area contributed by atoms with E-state index in [0.717, 1.165) is 49.8 Å². The van der Waals surface area contributed by atoms with Crippen LogP contribution in [0.5, 0.6) is 0 Å². The van der Waals surface area contributed by atoms with E-state index in [1.54, 1.807) is 0 Å². The van der Waals surface area contributed by atoms with E-state index in [-0.39, 0.29) is 23.3 Å². The van der Waals surface area contributed by atoms with Gasteiger partial charge in [0.1, 0.15) is 4.88 Å². The molecule has 1 atom stereocenters. The van der Waals surface area contributed by atoms with Crippen molar-refractivity contribution in [1.29, 1.82) is 0 Å². The van der Waals surface area contributed by atoms with E-state index < -0.39 is 11.8 Å². The topological polar surface area (TPSA) is 65.1 Å². The van der Waals surface area contributed by atoms with Crippen molar-refractivity contribution in [2.24, 2.45) is 11.3 Å². The van der Waals surface area contributed by atoms with E-state index in [9.17, 15) is 9.59 Å². The van der Waals surface area contributed by atoms with Crippen molar-refractivity contribution in [2.45, 2.75) is 84.5 Å². The van der Waals surface area contributed by atoms with Crippen LogP contribution < -0.4 is 4.90 Å². The van der Waals surface area contributed by atoms with E-state index in [0.29, 0.717) is 23.8 Å². The first-order valence-corrected chi connectivity index (χ1v) is 13.4. The van der Waals surface area contributed by atoms with Gasteiger partial charge >= 0.3 is 5.97 Å². The van der Waals surface area contributed by atoms with Gasteiger partial charge in [-0.3, -0.25) is 4.79 Å². The summed E-state index contributed by atoms with van der Waals surface area (Å²) in [6.45, 7) is 9.51. The van der Waals surface area contributed by atoms with Crippen molar-refractivity contribution in [3.8, 4) is 11.8 Å². The van der Waals surface area contributed by atoms with Gasteiger partial charge in [-0.05, 0) is 65.9 Å². The van der Waals surface area contributed by atoms with Gasteiger partial charge in [-0.15, -0.1) is 11.3 Å². The Labute approximate surface area is 213 Å². The number of hydrogen-bond acceptors (Lipinski definition) is 6. The second kappa shape index (κ2) is 10.5. The molecule has 1 aromatic heterocycles. The highest BCUT2D eigenvalue weighted by atomic mass is 32.1. The molecule has 0 aromatic carbocycles. The third-order valence-electron chi connectivity index (χ3n) is 7.02. The summed E-state index contributed by atoms with van der Waals surface area (Å²) in [5.41, 5.74) is 1.79. The maximum Gasteiger partial charge on any atom is 0.350 e. The number of carbonyl (C=O) groups excluding carboxylic acids is 2. The average molecular weight is 500 g/mol. The third kappa shape index (κ3) is 5.99. The van der Waals surface area contributed by atoms with E-state index in [4.69, 9.17) is 14.2 Å². The molecule has 0 N–H and O–H groups in total. The summed E-state index contributed by atoms with van der Waals surface area (Å²) in [6, 6.07) is 1.87. The first-order chi connectivity index (χ1) is 16.6. The number of allylic oxidation sites excluding steroid dienone is 2. The molecule has 2 heterocycles. The SMILES string of the molecule is COC(=O)c1sc(C#CC(C)(C)C)cc1N(C(=O)C1CC=C(C)CC1)C1CCC2(CC1)OCCO2. The molecule has 6 nitrogen and oxygen atoms in total.